The number of benzene rings is 2. The number of fused-ring (bicyclic) bond motifs is 3. The van der Waals surface area contributed by atoms with Crippen molar-refractivity contribution < 1.29 is 9.47 Å². The molecule has 0 saturated heterocycles. The van der Waals surface area contributed by atoms with Crippen LogP contribution in [0, 0.1) is 0 Å². The highest BCUT2D eigenvalue weighted by atomic mass is 32.1. The molecule has 0 spiro atoms. The summed E-state index contributed by atoms with van der Waals surface area (Å²) < 4.78 is 13.8. The molecule has 4 aromatic rings. The van der Waals surface area contributed by atoms with Gasteiger partial charge in [-0.1, -0.05) is 35.6 Å². The van der Waals surface area contributed by atoms with Crippen molar-refractivity contribution in [3.63, 3.8) is 0 Å². The van der Waals surface area contributed by atoms with Crippen molar-refractivity contribution in [3.8, 4) is 11.5 Å². The van der Waals surface area contributed by atoms with Crippen LogP contribution in [-0.4, -0.2) is 23.8 Å². The number of hydrogen-bond acceptors (Lipinski definition) is 6. The maximum Gasteiger partial charge on any atom is 0.271 e. The van der Waals surface area contributed by atoms with Gasteiger partial charge in [-0.2, -0.15) is 0 Å². The SMILES string of the molecule is COc1ccc(OC)c([C@@H]2C3=C(N=c4s/c(=C/c5ccncc5)c(=O)n42)c2ccccc2CC3)c1. The van der Waals surface area contributed by atoms with Gasteiger partial charge in [-0.3, -0.25) is 14.3 Å². The summed E-state index contributed by atoms with van der Waals surface area (Å²) in [4.78, 5) is 23.7. The van der Waals surface area contributed by atoms with E-state index in [0.717, 1.165) is 46.6 Å². The molecule has 0 amide bonds. The number of pyridine rings is 1. The van der Waals surface area contributed by atoms with E-state index in [0.29, 0.717) is 15.1 Å². The van der Waals surface area contributed by atoms with Crippen molar-refractivity contribution >= 4 is 23.1 Å². The lowest BCUT2D eigenvalue weighted by Gasteiger charge is -2.31. The minimum atomic E-state index is -0.334. The smallest absolute Gasteiger partial charge is 0.271 e. The first-order valence-corrected chi connectivity index (χ1v) is 12.2. The molecule has 174 valence electrons. The van der Waals surface area contributed by atoms with Gasteiger partial charge in [-0.15, -0.1) is 0 Å². The van der Waals surface area contributed by atoms with Crippen LogP contribution >= 0.6 is 11.3 Å². The molecule has 0 N–H and O–H groups in total. The fourth-order valence-electron chi connectivity index (χ4n) is 4.96. The van der Waals surface area contributed by atoms with Crippen LogP contribution in [0.3, 0.4) is 0 Å². The monoisotopic (exact) mass is 481 g/mol. The van der Waals surface area contributed by atoms with E-state index in [9.17, 15) is 4.79 Å². The van der Waals surface area contributed by atoms with E-state index in [-0.39, 0.29) is 11.6 Å². The molecule has 2 aromatic heterocycles. The molecule has 0 unspecified atom stereocenters. The normalized spacial score (nSPS) is 16.7. The Kier molecular flexibility index (Phi) is 5.34. The molecule has 3 heterocycles. The van der Waals surface area contributed by atoms with Crippen molar-refractivity contribution in [2.24, 2.45) is 4.99 Å². The minimum Gasteiger partial charge on any atom is -0.497 e. The summed E-state index contributed by atoms with van der Waals surface area (Å²) in [5.74, 6) is 1.43. The van der Waals surface area contributed by atoms with E-state index < -0.39 is 0 Å². The van der Waals surface area contributed by atoms with E-state index in [1.165, 1.54) is 16.9 Å². The number of aromatic nitrogens is 2. The molecule has 35 heavy (non-hydrogen) atoms. The summed E-state index contributed by atoms with van der Waals surface area (Å²) in [6.45, 7) is 0. The highest BCUT2D eigenvalue weighted by Gasteiger charge is 2.34. The van der Waals surface area contributed by atoms with Gasteiger partial charge in [0.1, 0.15) is 11.5 Å². The second-order valence-electron chi connectivity index (χ2n) is 8.50. The second kappa shape index (κ2) is 8.67. The third-order valence-corrected chi connectivity index (χ3v) is 7.59. The molecule has 1 aliphatic heterocycles. The zero-order chi connectivity index (χ0) is 23.9. The molecule has 2 aliphatic rings. The number of ether oxygens (including phenoxy) is 2. The Bertz CT molecular complexity index is 1650. The van der Waals surface area contributed by atoms with Gasteiger partial charge in [0.05, 0.1) is 30.5 Å². The lowest BCUT2D eigenvalue weighted by Crippen LogP contribution is -2.39. The maximum atomic E-state index is 13.8. The van der Waals surface area contributed by atoms with Gasteiger partial charge in [-0.05, 0) is 65.9 Å². The number of thiazole rings is 1. The highest BCUT2D eigenvalue weighted by Crippen LogP contribution is 2.44. The van der Waals surface area contributed by atoms with Gasteiger partial charge in [0.2, 0.25) is 0 Å². The summed E-state index contributed by atoms with van der Waals surface area (Å²) in [6, 6.07) is 17.6. The molecule has 1 aliphatic carbocycles. The number of hydrogen-bond donors (Lipinski definition) is 0. The lowest BCUT2D eigenvalue weighted by atomic mass is 9.83. The molecule has 6 nitrogen and oxygen atoms in total. The van der Waals surface area contributed by atoms with E-state index in [1.807, 2.05) is 47.0 Å². The van der Waals surface area contributed by atoms with Crippen molar-refractivity contribution in [1.82, 2.24) is 9.55 Å². The fraction of sp³-hybridized carbons (Fsp3) is 0.179. The molecule has 2 aromatic carbocycles. The maximum absolute atomic E-state index is 13.8. The predicted octanol–water partition coefficient (Wildman–Crippen LogP) is 3.73. The second-order valence-corrected chi connectivity index (χ2v) is 9.51. The van der Waals surface area contributed by atoms with Crippen LogP contribution in [0.1, 0.15) is 34.7 Å². The van der Waals surface area contributed by atoms with E-state index in [2.05, 4.69) is 23.2 Å². The van der Waals surface area contributed by atoms with Crippen LogP contribution in [-0.2, 0) is 6.42 Å². The van der Waals surface area contributed by atoms with Crippen LogP contribution in [0.5, 0.6) is 11.5 Å². The van der Waals surface area contributed by atoms with Crippen molar-refractivity contribution in [2.75, 3.05) is 14.2 Å². The van der Waals surface area contributed by atoms with E-state index in [1.54, 1.807) is 26.6 Å². The molecule has 6 rings (SSSR count). The van der Waals surface area contributed by atoms with Crippen LogP contribution in [0.4, 0.5) is 0 Å². The van der Waals surface area contributed by atoms with Gasteiger partial charge in [0, 0.05) is 23.5 Å². The zero-order valence-electron chi connectivity index (χ0n) is 19.4. The summed E-state index contributed by atoms with van der Waals surface area (Å²) in [7, 11) is 3.30. The minimum absolute atomic E-state index is 0.0640. The van der Waals surface area contributed by atoms with Gasteiger partial charge in [0.15, 0.2) is 4.80 Å². The topological polar surface area (TPSA) is 65.7 Å². The molecular weight excluding hydrogens is 458 g/mol. The first-order valence-electron chi connectivity index (χ1n) is 11.4. The standard InChI is InChI=1S/C28H23N3O3S/c1-33-19-8-10-23(34-2)22(16-19)26-21-9-7-18-5-3-4-6-20(18)25(21)30-28-31(26)27(32)24(35-28)15-17-11-13-29-14-12-17/h3-6,8,10-16,26H,7,9H2,1-2H3/b24-15+/t26-/m0/s1. The number of methoxy groups -OCH3 is 2. The van der Waals surface area contributed by atoms with Gasteiger partial charge in [-0.25, -0.2) is 4.99 Å². The van der Waals surface area contributed by atoms with Crippen LogP contribution in [0.15, 0.2) is 82.4 Å². The number of rotatable bonds is 4. The summed E-state index contributed by atoms with van der Waals surface area (Å²) in [5.41, 5.74) is 6.25. The third kappa shape index (κ3) is 3.59. The average molecular weight is 482 g/mol. The van der Waals surface area contributed by atoms with E-state index in [4.69, 9.17) is 14.5 Å². The Balaban J connectivity index is 1.67. The highest BCUT2D eigenvalue weighted by molar-refractivity contribution is 7.07. The van der Waals surface area contributed by atoms with Crippen LogP contribution in [0.25, 0.3) is 11.8 Å². The van der Waals surface area contributed by atoms with Gasteiger partial charge < -0.3 is 9.47 Å². The van der Waals surface area contributed by atoms with Crippen molar-refractivity contribution in [1.29, 1.82) is 0 Å². The number of allylic oxidation sites excluding steroid dienone is 1. The first kappa shape index (κ1) is 21.6. The Hall–Kier alpha value is -3.97. The van der Waals surface area contributed by atoms with E-state index >= 15 is 0 Å². The van der Waals surface area contributed by atoms with Gasteiger partial charge in [0.25, 0.3) is 5.56 Å². The Morgan fingerprint density at radius 1 is 1.03 bits per heavy atom. The van der Waals surface area contributed by atoms with Crippen molar-refractivity contribution in [2.45, 2.75) is 18.9 Å². The lowest BCUT2D eigenvalue weighted by molar-refractivity contribution is 0.392. The Morgan fingerprint density at radius 2 is 1.86 bits per heavy atom. The first-order chi connectivity index (χ1) is 17.2. The van der Waals surface area contributed by atoms with Crippen LogP contribution < -0.4 is 24.4 Å². The van der Waals surface area contributed by atoms with Crippen molar-refractivity contribution in [3.05, 3.63) is 115 Å². The summed E-state index contributed by atoms with van der Waals surface area (Å²) in [5, 5.41) is 0. The van der Waals surface area contributed by atoms with Crippen LogP contribution in [0.2, 0.25) is 0 Å². The molecule has 1 atom stereocenters. The molecule has 7 heteroatoms. The predicted molar refractivity (Wildman–Crippen MR) is 137 cm³/mol. The number of nitrogens with zero attached hydrogens (tertiary/aromatic N) is 3. The summed E-state index contributed by atoms with van der Waals surface area (Å²) >= 11 is 1.41. The largest absolute Gasteiger partial charge is 0.497 e. The molecular formula is C28H23N3O3S. The average Bonchev–Trinajstić information content (AvgIpc) is 3.21. The van der Waals surface area contributed by atoms with Gasteiger partial charge >= 0.3 is 0 Å². The molecule has 0 radical (unpaired) electrons. The molecule has 0 fully saturated rings. The molecule has 0 saturated carbocycles. The third-order valence-electron chi connectivity index (χ3n) is 6.61. The Labute approximate surface area is 206 Å². The quantitative estimate of drug-likeness (QED) is 0.446. The zero-order valence-corrected chi connectivity index (χ0v) is 20.2. The number of aryl methyl sites for hydroxylation is 1. The Morgan fingerprint density at radius 3 is 2.66 bits per heavy atom. The summed E-state index contributed by atoms with van der Waals surface area (Å²) in [6.07, 6.45) is 7.07. The fourth-order valence-corrected chi connectivity index (χ4v) is 5.96. The molecule has 0 bridgehead atoms.